The van der Waals surface area contributed by atoms with Crippen LogP contribution in [-0.4, -0.2) is 28.3 Å². The average molecular weight is 388 g/mol. The van der Waals surface area contributed by atoms with Crippen molar-refractivity contribution in [1.82, 2.24) is 4.98 Å². The van der Waals surface area contributed by atoms with Crippen LogP contribution < -0.4 is 0 Å². The average Bonchev–Trinajstić information content (AvgIpc) is 2.99. The summed E-state index contributed by atoms with van der Waals surface area (Å²) in [5, 5.41) is 11.3. The first kappa shape index (κ1) is 18.5. The zero-order chi connectivity index (χ0) is 20.7. The molecule has 0 N–H and O–H groups in total. The van der Waals surface area contributed by atoms with Gasteiger partial charge in [0.05, 0.1) is 34.0 Å². The van der Waals surface area contributed by atoms with Gasteiger partial charge in [0.1, 0.15) is 0 Å². The molecular formula is C22H16N2O5. The Hall–Kier alpha value is -3.87. The summed E-state index contributed by atoms with van der Waals surface area (Å²) in [4.78, 5) is 41.3. The lowest BCUT2D eigenvalue weighted by Gasteiger charge is -2.15. The summed E-state index contributed by atoms with van der Waals surface area (Å²) < 4.78 is 5.20. The summed E-state index contributed by atoms with van der Waals surface area (Å²) in [5.74, 6) is -0.888. The lowest BCUT2D eigenvalue weighted by molar-refractivity contribution is -0.384. The van der Waals surface area contributed by atoms with Gasteiger partial charge in [-0.05, 0) is 19.4 Å². The third-order valence-electron chi connectivity index (χ3n) is 4.86. The number of hydrogen-bond acceptors (Lipinski definition) is 6. The summed E-state index contributed by atoms with van der Waals surface area (Å²) in [6.45, 7) is 3.50. The van der Waals surface area contributed by atoms with Crippen LogP contribution >= 0.6 is 0 Å². The number of hydrogen-bond donors (Lipinski definition) is 0. The third-order valence-corrected chi connectivity index (χ3v) is 4.86. The quantitative estimate of drug-likeness (QED) is 0.293. The van der Waals surface area contributed by atoms with Gasteiger partial charge < -0.3 is 4.74 Å². The number of aromatic nitrogens is 1. The summed E-state index contributed by atoms with van der Waals surface area (Å²) in [6, 6.07) is 13.0. The maximum atomic E-state index is 13.2. The number of fused-ring (bicyclic) bond motifs is 3. The van der Waals surface area contributed by atoms with Crippen molar-refractivity contribution >= 4 is 17.4 Å². The third kappa shape index (κ3) is 2.87. The van der Waals surface area contributed by atoms with Gasteiger partial charge in [-0.3, -0.25) is 19.9 Å². The number of ketones is 1. The largest absolute Gasteiger partial charge is 0.462 e. The minimum absolute atomic E-state index is 0.136. The normalized spacial score (nSPS) is 11.7. The van der Waals surface area contributed by atoms with Gasteiger partial charge in [-0.2, -0.15) is 0 Å². The molecule has 3 aromatic rings. The van der Waals surface area contributed by atoms with E-state index in [0.717, 1.165) is 0 Å². The van der Waals surface area contributed by atoms with Crippen LogP contribution in [0.15, 0.2) is 48.5 Å². The van der Waals surface area contributed by atoms with Gasteiger partial charge in [-0.1, -0.05) is 36.4 Å². The molecule has 144 valence electrons. The monoisotopic (exact) mass is 388 g/mol. The maximum absolute atomic E-state index is 13.2. The second-order valence-corrected chi connectivity index (χ2v) is 6.57. The number of nitro benzene ring substituents is 1. The second-order valence-electron chi connectivity index (χ2n) is 6.57. The molecule has 2 aromatic carbocycles. The van der Waals surface area contributed by atoms with E-state index in [2.05, 4.69) is 4.98 Å². The summed E-state index contributed by atoms with van der Waals surface area (Å²) in [6.07, 6.45) is 0. The van der Waals surface area contributed by atoms with Gasteiger partial charge in [0.2, 0.25) is 0 Å². The number of carbonyl (C=O) groups is 2. The Labute approximate surface area is 166 Å². The summed E-state index contributed by atoms with van der Waals surface area (Å²) >= 11 is 0. The van der Waals surface area contributed by atoms with E-state index in [4.69, 9.17) is 4.74 Å². The van der Waals surface area contributed by atoms with Crippen molar-refractivity contribution in [2.75, 3.05) is 6.61 Å². The highest BCUT2D eigenvalue weighted by Gasteiger charge is 2.35. The SMILES string of the molecule is CCOC(=O)c1c(C)nc2c(c1-c1cccc([N+](=O)[O-])c1)C(=O)c1ccccc1-2. The van der Waals surface area contributed by atoms with E-state index in [9.17, 15) is 19.7 Å². The first-order chi connectivity index (χ1) is 13.9. The number of pyridine rings is 1. The van der Waals surface area contributed by atoms with Gasteiger partial charge in [0.25, 0.3) is 5.69 Å². The molecule has 0 atom stereocenters. The molecule has 1 aliphatic rings. The van der Waals surface area contributed by atoms with Crippen LogP contribution in [0.3, 0.4) is 0 Å². The Kier molecular flexibility index (Phi) is 4.43. The number of nitro groups is 1. The zero-order valence-corrected chi connectivity index (χ0v) is 15.8. The van der Waals surface area contributed by atoms with E-state index in [0.29, 0.717) is 33.6 Å². The lowest BCUT2D eigenvalue weighted by atomic mass is 9.91. The topological polar surface area (TPSA) is 99.4 Å². The van der Waals surface area contributed by atoms with E-state index in [1.54, 1.807) is 38.1 Å². The highest BCUT2D eigenvalue weighted by molar-refractivity contribution is 6.25. The van der Waals surface area contributed by atoms with Gasteiger partial charge >= 0.3 is 5.97 Å². The van der Waals surface area contributed by atoms with Crippen LogP contribution in [0.2, 0.25) is 0 Å². The van der Waals surface area contributed by atoms with Crippen molar-refractivity contribution in [3.63, 3.8) is 0 Å². The Balaban J connectivity index is 2.09. The molecule has 29 heavy (non-hydrogen) atoms. The van der Waals surface area contributed by atoms with Gasteiger partial charge in [0.15, 0.2) is 5.78 Å². The van der Waals surface area contributed by atoms with Crippen LogP contribution in [0, 0.1) is 17.0 Å². The van der Waals surface area contributed by atoms with Crippen molar-refractivity contribution in [2.24, 2.45) is 0 Å². The fourth-order valence-corrected chi connectivity index (χ4v) is 3.66. The predicted octanol–water partition coefficient (Wildman–Crippen LogP) is 4.35. The van der Waals surface area contributed by atoms with Crippen LogP contribution in [0.5, 0.6) is 0 Å². The Bertz CT molecular complexity index is 1200. The molecule has 0 fully saturated rings. The van der Waals surface area contributed by atoms with E-state index in [1.165, 1.54) is 18.2 Å². The van der Waals surface area contributed by atoms with Crippen LogP contribution in [0.25, 0.3) is 22.4 Å². The van der Waals surface area contributed by atoms with Crippen molar-refractivity contribution in [2.45, 2.75) is 13.8 Å². The van der Waals surface area contributed by atoms with Crippen LogP contribution in [0.1, 0.15) is 38.9 Å². The fraction of sp³-hybridized carbons (Fsp3) is 0.136. The number of non-ortho nitro benzene ring substituents is 1. The maximum Gasteiger partial charge on any atom is 0.340 e. The standard InChI is InChI=1S/C22H16N2O5/c1-3-29-22(26)17-12(2)23-20-15-9-4-5-10-16(15)21(25)19(20)18(17)13-7-6-8-14(11-13)24(27)28/h4-11H,3H2,1-2H3. The molecule has 0 unspecified atom stereocenters. The molecule has 1 aromatic heterocycles. The van der Waals surface area contributed by atoms with Crippen molar-refractivity contribution in [3.8, 4) is 22.4 Å². The van der Waals surface area contributed by atoms with Crippen molar-refractivity contribution in [3.05, 3.63) is 81.0 Å². The Morgan fingerprint density at radius 1 is 1.10 bits per heavy atom. The second kappa shape index (κ2) is 6.94. The van der Waals surface area contributed by atoms with Crippen LogP contribution in [-0.2, 0) is 4.74 Å². The number of aryl methyl sites for hydroxylation is 1. The molecule has 7 heteroatoms. The van der Waals surface area contributed by atoms with E-state index in [-0.39, 0.29) is 29.2 Å². The minimum atomic E-state index is -0.620. The van der Waals surface area contributed by atoms with Gasteiger partial charge in [0, 0.05) is 28.8 Å². The Morgan fingerprint density at radius 3 is 2.52 bits per heavy atom. The summed E-state index contributed by atoms with van der Waals surface area (Å²) in [7, 11) is 0. The number of rotatable bonds is 4. The van der Waals surface area contributed by atoms with Crippen molar-refractivity contribution in [1.29, 1.82) is 0 Å². The number of benzene rings is 2. The number of carbonyl (C=O) groups excluding carboxylic acids is 2. The summed E-state index contributed by atoms with van der Waals surface area (Å²) in [5.41, 5.74) is 3.02. The van der Waals surface area contributed by atoms with Gasteiger partial charge in [-0.25, -0.2) is 4.79 Å². The smallest absolute Gasteiger partial charge is 0.340 e. The van der Waals surface area contributed by atoms with E-state index >= 15 is 0 Å². The molecule has 0 bridgehead atoms. The van der Waals surface area contributed by atoms with E-state index < -0.39 is 10.9 Å². The molecule has 1 aliphatic carbocycles. The molecule has 1 heterocycles. The molecular weight excluding hydrogens is 372 g/mol. The molecule has 0 radical (unpaired) electrons. The minimum Gasteiger partial charge on any atom is -0.462 e. The molecule has 0 saturated heterocycles. The van der Waals surface area contributed by atoms with Gasteiger partial charge in [-0.15, -0.1) is 0 Å². The lowest BCUT2D eigenvalue weighted by Crippen LogP contribution is -2.13. The fourth-order valence-electron chi connectivity index (χ4n) is 3.66. The highest BCUT2D eigenvalue weighted by Crippen LogP contribution is 2.43. The molecule has 0 aliphatic heterocycles. The number of ether oxygens (including phenoxy) is 1. The van der Waals surface area contributed by atoms with Crippen molar-refractivity contribution < 1.29 is 19.2 Å². The molecule has 4 rings (SSSR count). The molecule has 0 spiro atoms. The van der Waals surface area contributed by atoms with Crippen LogP contribution in [0.4, 0.5) is 5.69 Å². The Morgan fingerprint density at radius 2 is 1.83 bits per heavy atom. The first-order valence-corrected chi connectivity index (χ1v) is 9.04. The first-order valence-electron chi connectivity index (χ1n) is 9.04. The predicted molar refractivity (Wildman–Crippen MR) is 106 cm³/mol. The zero-order valence-electron chi connectivity index (χ0n) is 15.8. The molecule has 7 nitrogen and oxygen atoms in total. The van der Waals surface area contributed by atoms with E-state index in [1.807, 2.05) is 6.07 Å². The number of esters is 1. The molecule has 0 saturated carbocycles. The highest BCUT2D eigenvalue weighted by atomic mass is 16.6. The molecule has 0 amide bonds. The number of nitrogens with zero attached hydrogens (tertiary/aromatic N) is 2.